The average Bonchev–Trinajstić information content (AvgIpc) is 2.10. The molecule has 0 radical (unpaired) electrons. The first-order valence-electron chi connectivity index (χ1n) is 3.96. The molecule has 13 heavy (non-hydrogen) atoms. The van der Waals surface area contributed by atoms with Crippen LogP contribution in [0.2, 0.25) is 0 Å². The van der Waals surface area contributed by atoms with Gasteiger partial charge in [0.1, 0.15) is 0 Å². The molecule has 1 rings (SSSR count). The van der Waals surface area contributed by atoms with Crippen LogP contribution in [-0.4, -0.2) is 5.11 Å². The second-order valence-corrected chi connectivity index (χ2v) is 3.74. The van der Waals surface area contributed by atoms with E-state index in [9.17, 15) is 5.11 Å². The summed E-state index contributed by atoms with van der Waals surface area (Å²) in [6.45, 7) is 1.98. The van der Waals surface area contributed by atoms with E-state index < -0.39 is 6.10 Å². The highest BCUT2D eigenvalue weighted by atomic mass is 79.9. The lowest BCUT2D eigenvalue weighted by Crippen LogP contribution is -1.95. The van der Waals surface area contributed by atoms with E-state index in [0.29, 0.717) is 0 Å². The molecule has 1 aromatic rings. The molecular weight excluding hydrogens is 230 g/mol. The first-order chi connectivity index (χ1) is 6.15. The predicted molar refractivity (Wildman–Crippen MR) is 54.1 cm³/mol. The Hall–Kier alpha value is -0.850. The van der Waals surface area contributed by atoms with Gasteiger partial charge >= 0.3 is 0 Å². The van der Waals surface area contributed by atoms with Crippen LogP contribution in [0, 0.1) is 18.3 Å². The number of hydrogen-bond acceptors (Lipinski definition) is 2. The van der Waals surface area contributed by atoms with Crippen LogP contribution in [-0.2, 0) is 0 Å². The molecule has 3 heteroatoms. The van der Waals surface area contributed by atoms with Gasteiger partial charge in [-0.05, 0) is 24.1 Å². The topological polar surface area (TPSA) is 44.0 Å². The minimum Gasteiger partial charge on any atom is -0.387 e. The first-order valence-corrected chi connectivity index (χ1v) is 4.75. The summed E-state index contributed by atoms with van der Waals surface area (Å²) in [7, 11) is 0. The fraction of sp³-hybridized carbons (Fsp3) is 0.300. The second kappa shape index (κ2) is 4.40. The smallest absolute Gasteiger partial charge is 0.0920 e. The van der Waals surface area contributed by atoms with Crippen molar-refractivity contribution in [1.82, 2.24) is 0 Å². The van der Waals surface area contributed by atoms with E-state index in [4.69, 9.17) is 5.26 Å². The maximum absolute atomic E-state index is 9.49. The average molecular weight is 240 g/mol. The SMILES string of the molecule is Cc1ccc(C(O)CC#N)cc1Br. The molecule has 0 aliphatic carbocycles. The standard InChI is InChI=1S/C10H10BrNO/c1-7-2-3-8(6-9(7)11)10(13)4-5-12/h2-3,6,10,13H,4H2,1H3. The molecule has 1 aromatic carbocycles. The van der Waals surface area contributed by atoms with Gasteiger partial charge in [-0.1, -0.05) is 28.1 Å². The summed E-state index contributed by atoms with van der Waals surface area (Å²) >= 11 is 3.37. The highest BCUT2D eigenvalue weighted by Gasteiger charge is 2.07. The molecule has 0 spiro atoms. The van der Waals surface area contributed by atoms with Crippen molar-refractivity contribution in [3.05, 3.63) is 33.8 Å². The molecule has 1 N–H and O–H groups in total. The number of aliphatic hydroxyl groups is 1. The Morgan fingerprint density at radius 2 is 2.31 bits per heavy atom. The van der Waals surface area contributed by atoms with Crippen LogP contribution in [0.3, 0.4) is 0 Å². The van der Waals surface area contributed by atoms with Crippen LogP contribution in [0.5, 0.6) is 0 Å². The Kier molecular flexibility index (Phi) is 3.47. The number of nitrogens with zero attached hydrogens (tertiary/aromatic N) is 1. The van der Waals surface area contributed by atoms with Gasteiger partial charge in [-0.15, -0.1) is 0 Å². The van der Waals surface area contributed by atoms with Crippen LogP contribution < -0.4 is 0 Å². The Morgan fingerprint density at radius 1 is 1.62 bits per heavy atom. The molecule has 2 nitrogen and oxygen atoms in total. The van der Waals surface area contributed by atoms with Crippen molar-refractivity contribution in [3.63, 3.8) is 0 Å². The third kappa shape index (κ3) is 2.55. The number of aliphatic hydroxyl groups excluding tert-OH is 1. The van der Waals surface area contributed by atoms with E-state index in [1.807, 2.05) is 31.2 Å². The van der Waals surface area contributed by atoms with Gasteiger partial charge in [-0.3, -0.25) is 0 Å². The van der Waals surface area contributed by atoms with Crippen molar-refractivity contribution in [2.24, 2.45) is 0 Å². The molecular formula is C10H10BrNO. The Balaban J connectivity index is 2.91. The van der Waals surface area contributed by atoms with E-state index >= 15 is 0 Å². The summed E-state index contributed by atoms with van der Waals surface area (Å²) in [6, 6.07) is 7.53. The second-order valence-electron chi connectivity index (χ2n) is 2.89. The third-order valence-corrected chi connectivity index (χ3v) is 2.72. The molecule has 0 aliphatic heterocycles. The largest absolute Gasteiger partial charge is 0.387 e. The van der Waals surface area contributed by atoms with Crippen molar-refractivity contribution in [1.29, 1.82) is 5.26 Å². The lowest BCUT2D eigenvalue weighted by Gasteiger charge is -2.08. The molecule has 1 unspecified atom stereocenters. The number of nitriles is 1. The van der Waals surface area contributed by atoms with Crippen LogP contribution >= 0.6 is 15.9 Å². The van der Waals surface area contributed by atoms with Gasteiger partial charge in [0.15, 0.2) is 0 Å². The molecule has 0 amide bonds. The fourth-order valence-corrected chi connectivity index (χ4v) is 1.42. The molecule has 0 bridgehead atoms. The summed E-state index contributed by atoms with van der Waals surface area (Å²) < 4.78 is 0.960. The quantitative estimate of drug-likeness (QED) is 0.863. The Bertz CT molecular complexity index is 343. The van der Waals surface area contributed by atoms with Gasteiger partial charge in [0.05, 0.1) is 18.6 Å². The van der Waals surface area contributed by atoms with E-state index in [2.05, 4.69) is 15.9 Å². The van der Waals surface area contributed by atoms with E-state index in [-0.39, 0.29) is 6.42 Å². The van der Waals surface area contributed by atoms with Crippen molar-refractivity contribution in [3.8, 4) is 6.07 Å². The maximum atomic E-state index is 9.49. The monoisotopic (exact) mass is 239 g/mol. The zero-order chi connectivity index (χ0) is 9.84. The number of halogens is 1. The minimum absolute atomic E-state index is 0.134. The van der Waals surface area contributed by atoms with Crippen LogP contribution in [0.1, 0.15) is 23.7 Å². The van der Waals surface area contributed by atoms with Crippen molar-refractivity contribution >= 4 is 15.9 Å². The molecule has 68 valence electrons. The minimum atomic E-state index is -0.679. The third-order valence-electron chi connectivity index (χ3n) is 1.87. The molecule has 0 saturated carbocycles. The Morgan fingerprint density at radius 3 is 2.85 bits per heavy atom. The van der Waals surface area contributed by atoms with Crippen LogP contribution in [0.4, 0.5) is 0 Å². The summed E-state index contributed by atoms with van der Waals surface area (Å²) in [5, 5.41) is 17.9. The highest BCUT2D eigenvalue weighted by Crippen LogP contribution is 2.23. The fourth-order valence-electron chi connectivity index (χ4n) is 1.02. The first kappa shape index (κ1) is 10.2. The van der Waals surface area contributed by atoms with Crippen molar-refractivity contribution in [2.45, 2.75) is 19.4 Å². The number of rotatable bonds is 2. The van der Waals surface area contributed by atoms with E-state index in [1.54, 1.807) is 0 Å². The molecule has 0 heterocycles. The summed E-state index contributed by atoms with van der Waals surface area (Å²) in [6.07, 6.45) is -0.544. The normalized spacial score (nSPS) is 12.2. The maximum Gasteiger partial charge on any atom is 0.0920 e. The molecule has 0 aromatic heterocycles. The predicted octanol–water partition coefficient (Wildman–Crippen LogP) is 2.70. The van der Waals surface area contributed by atoms with Crippen molar-refractivity contribution < 1.29 is 5.11 Å². The molecule has 0 fully saturated rings. The Labute approximate surface area is 85.9 Å². The lowest BCUT2D eigenvalue weighted by molar-refractivity contribution is 0.183. The van der Waals surface area contributed by atoms with E-state index in [1.165, 1.54) is 0 Å². The van der Waals surface area contributed by atoms with Crippen molar-refractivity contribution in [2.75, 3.05) is 0 Å². The highest BCUT2D eigenvalue weighted by molar-refractivity contribution is 9.10. The van der Waals surface area contributed by atoms with Crippen LogP contribution in [0.25, 0.3) is 0 Å². The molecule has 0 aliphatic rings. The zero-order valence-corrected chi connectivity index (χ0v) is 8.87. The summed E-state index contributed by atoms with van der Waals surface area (Å²) in [4.78, 5) is 0. The van der Waals surface area contributed by atoms with Gasteiger partial charge in [0, 0.05) is 4.47 Å². The lowest BCUT2D eigenvalue weighted by atomic mass is 10.1. The van der Waals surface area contributed by atoms with E-state index in [0.717, 1.165) is 15.6 Å². The number of hydrogen-bond donors (Lipinski definition) is 1. The number of benzene rings is 1. The van der Waals surface area contributed by atoms with Gasteiger partial charge in [0.2, 0.25) is 0 Å². The summed E-state index contributed by atoms with van der Waals surface area (Å²) in [5.41, 5.74) is 1.90. The zero-order valence-electron chi connectivity index (χ0n) is 7.29. The van der Waals surface area contributed by atoms with Gasteiger partial charge in [-0.25, -0.2) is 0 Å². The summed E-state index contributed by atoms with van der Waals surface area (Å²) in [5.74, 6) is 0. The van der Waals surface area contributed by atoms with Crippen LogP contribution in [0.15, 0.2) is 22.7 Å². The molecule has 1 atom stereocenters. The van der Waals surface area contributed by atoms with Gasteiger partial charge in [-0.2, -0.15) is 5.26 Å². The van der Waals surface area contributed by atoms with Gasteiger partial charge < -0.3 is 5.11 Å². The number of aryl methyl sites for hydroxylation is 1. The molecule has 0 saturated heterocycles. The van der Waals surface area contributed by atoms with Gasteiger partial charge in [0.25, 0.3) is 0 Å².